The number of carbonyl (C=O) groups is 1. The SMILES string of the molecule is CCCCCOc1ccc(Cn2c(C=C(C)C(=O)O)cnc2C)c(Cl)c1. The Kier molecular flexibility index (Phi) is 7.27. The molecule has 0 aliphatic heterocycles. The molecule has 0 spiro atoms. The molecule has 0 saturated carbocycles. The lowest BCUT2D eigenvalue weighted by atomic mass is 10.2. The second kappa shape index (κ2) is 9.43. The van der Waals surface area contributed by atoms with Crippen molar-refractivity contribution in [1.29, 1.82) is 0 Å². The Bertz CT molecular complexity index is 796. The van der Waals surface area contributed by atoms with Crippen LogP contribution in [-0.2, 0) is 11.3 Å². The molecular formula is C20H25ClN2O3. The number of carboxylic acid groups (broad SMARTS) is 1. The molecule has 0 atom stereocenters. The molecule has 1 aromatic heterocycles. The Morgan fingerprint density at radius 2 is 2.15 bits per heavy atom. The van der Waals surface area contributed by atoms with Gasteiger partial charge in [-0.3, -0.25) is 0 Å². The first-order valence-electron chi connectivity index (χ1n) is 8.77. The Morgan fingerprint density at radius 3 is 2.81 bits per heavy atom. The van der Waals surface area contributed by atoms with E-state index in [0.29, 0.717) is 18.2 Å². The van der Waals surface area contributed by atoms with Crippen molar-refractivity contribution in [2.24, 2.45) is 0 Å². The average molecular weight is 377 g/mol. The number of rotatable bonds is 9. The molecule has 0 bridgehead atoms. The highest BCUT2D eigenvalue weighted by Gasteiger charge is 2.10. The molecule has 0 radical (unpaired) electrons. The molecule has 0 aliphatic carbocycles. The maximum Gasteiger partial charge on any atom is 0.331 e. The molecule has 5 nitrogen and oxygen atoms in total. The number of benzene rings is 1. The number of ether oxygens (including phenoxy) is 1. The fourth-order valence-electron chi connectivity index (χ4n) is 2.55. The minimum Gasteiger partial charge on any atom is -0.494 e. The van der Waals surface area contributed by atoms with Crippen LogP contribution in [0.25, 0.3) is 6.08 Å². The molecule has 2 rings (SSSR count). The van der Waals surface area contributed by atoms with Crippen molar-refractivity contribution in [2.75, 3.05) is 6.61 Å². The van der Waals surface area contributed by atoms with Crippen LogP contribution in [-0.4, -0.2) is 27.2 Å². The molecule has 1 heterocycles. The Hall–Kier alpha value is -2.27. The van der Waals surface area contributed by atoms with E-state index in [2.05, 4.69) is 11.9 Å². The van der Waals surface area contributed by atoms with Crippen LogP contribution in [0.4, 0.5) is 0 Å². The van der Waals surface area contributed by atoms with E-state index in [1.807, 2.05) is 29.7 Å². The summed E-state index contributed by atoms with van der Waals surface area (Å²) < 4.78 is 7.67. The van der Waals surface area contributed by atoms with Gasteiger partial charge in [0.25, 0.3) is 0 Å². The summed E-state index contributed by atoms with van der Waals surface area (Å²) in [6.07, 6.45) is 6.62. The third-order valence-electron chi connectivity index (χ3n) is 4.16. The van der Waals surface area contributed by atoms with Crippen LogP contribution in [0.5, 0.6) is 5.75 Å². The zero-order valence-corrected chi connectivity index (χ0v) is 16.2. The van der Waals surface area contributed by atoms with Crippen molar-refractivity contribution < 1.29 is 14.6 Å². The average Bonchev–Trinajstić information content (AvgIpc) is 2.94. The van der Waals surface area contributed by atoms with Crippen LogP contribution in [0.1, 0.15) is 50.2 Å². The number of carboxylic acids is 1. The number of aliphatic carboxylic acids is 1. The van der Waals surface area contributed by atoms with Crippen molar-refractivity contribution in [1.82, 2.24) is 9.55 Å². The maximum atomic E-state index is 11.1. The molecule has 6 heteroatoms. The fraction of sp³-hybridized carbons (Fsp3) is 0.400. The van der Waals surface area contributed by atoms with Gasteiger partial charge in [0.1, 0.15) is 11.6 Å². The van der Waals surface area contributed by atoms with Crippen LogP contribution in [0, 0.1) is 6.92 Å². The standard InChI is InChI=1S/C20H25ClN2O3/c1-4-5-6-9-26-18-8-7-16(19(21)11-18)13-23-15(3)22-12-17(23)10-14(2)20(24)25/h7-8,10-12H,4-6,9,13H2,1-3H3,(H,24,25). The molecule has 26 heavy (non-hydrogen) atoms. The number of unbranched alkanes of at least 4 members (excludes halogenated alkanes) is 2. The topological polar surface area (TPSA) is 64.3 Å². The number of hydrogen-bond donors (Lipinski definition) is 1. The van der Waals surface area contributed by atoms with Crippen LogP contribution >= 0.6 is 11.6 Å². The number of nitrogens with zero attached hydrogens (tertiary/aromatic N) is 2. The zero-order valence-electron chi connectivity index (χ0n) is 15.5. The summed E-state index contributed by atoms with van der Waals surface area (Å²) in [5.74, 6) is 0.613. The van der Waals surface area contributed by atoms with E-state index in [0.717, 1.165) is 42.1 Å². The van der Waals surface area contributed by atoms with Crippen LogP contribution < -0.4 is 4.74 Å². The van der Waals surface area contributed by atoms with Gasteiger partial charge >= 0.3 is 5.97 Å². The zero-order chi connectivity index (χ0) is 19.1. The minimum absolute atomic E-state index is 0.257. The van der Waals surface area contributed by atoms with Gasteiger partial charge in [-0.05, 0) is 44.0 Å². The summed E-state index contributed by atoms with van der Waals surface area (Å²) in [6, 6.07) is 5.68. The molecule has 0 fully saturated rings. The monoisotopic (exact) mass is 376 g/mol. The second-order valence-corrected chi connectivity index (χ2v) is 6.66. The normalized spacial score (nSPS) is 11.6. The molecule has 0 unspecified atom stereocenters. The molecule has 0 saturated heterocycles. The van der Waals surface area contributed by atoms with Gasteiger partial charge in [-0.2, -0.15) is 0 Å². The van der Waals surface area contributed by atoms with E-state index in [-0.39, 0.29) is 5.57 Å². The number of hydrogen-bond acceptors (Lipinski definition) is 3. The molecule has 1 N–H and O–H groups in total. The van der Waals surface area contributed by atoms with Crippen molar-refractivity contribution in [3.05, 3.63) is 52.1 Å². The van der Waals surface area contributed by atoms with Gasteiger partial charge in [0, 0.05) is 10.6 Å². The summed E-state index contributed by atoms with van der Waals surface area (Å²) in [7, 11) is 0. The fourth-order valence-corrected chi connectivity index (χ4v) is 2.78. The maximum absolute atomic E-state index is 11.1. The van der Waals surface area contributed by atoms with Crippen molar-refractivity contribution >= 4 is 23.6 Å². The van der Waals surface area contributed by atoms with Gasteiger partial charge in [0.15, 0.2) is 0 Å². The first kappa shape index (κ1) is 20.0. The summed E-state index contributed by atoms with van der Waals surface area (Å²) in [5, 5.41) is 9.70. The number of imidazole rings is 1. The van der Waals surface area contributed by atoms with Crippen molar-refractivity contribution in [2.45, 2.75) is 46.6 Å². The smallest absolute Gasteiger partial charge is 0.331 e. The third kappa shape index (κ3) is 5.36. The Morgan fingerprint density at radius 1 is 1.38 bits per heavy atom. The number of aromatic nitrogens is 2. The van der Waals surface area contributed by atoms with E-state index in [1.54, 1.807) is 19.2 Å². The highest BCUT2D eigenvalue weighted by Crippen LogP contribution is 2.25. The van der Waals surface area contributed by atoms with Gasteiger partial charge in [0.05, 0.1) is 25.0 Å². The Balaban J connectivity index is 2.15. The van der Waals surface area contributed by atoms with Gasteiger partial charge < -0.3 is 14.4 Å². The van der Waals surface area contributed by atoms with Gasteiger partial charge in [0.2, 0.25) is 0 Å². The lowest BCUT2D eigenvalue weighted by Crippen LogP contribution is -2.06. The van der Waals surface area contributed by atoms with Crippen molar-refractivity contribution in [3.63, 3.8) is 0 Å². The highest BCUT2D eigenvalue weighted by atomic mass is 35.5. The van der Waals surface area contributed by atoms with E-state index in [9.17, 15) is 4.79 Å². The summed E-state index contributed by atoms with van der Waals surface area (Å²) >= 11 is 6.42. The highest BCUT2D eigenvalue weighted by molar-refractivity contribution is 6.31. The third-order valence-corrected chi connectivity index (χ3v) is 4.51. The van der Waals surface area contributed by atoms with Crippen molar-refractivity contribution in [3.8, 4) is 5.75 Å². The molecule has 0 amide bonds. The molecule has 140 valence electrons. The first-order valence-corrected chi connectivity index (χ1v) is 9.15. The quantitative estimate of drug-likeness (QED) is 0.496. The molecule has 2 aromatic rings. The van der Waals surface area contributed by atoms with Crippen LogP contribution in [0.15, 0.2) is 30.0 Å². The molecule has 1 aromatic carbocycles. The van der Waals surface area contributed by atoms with Gasteiger partial charge in [-0.25, -0.2) is 9.78 Å². The second-order valence-electron chi connectivity index (χ2n) is 6.26. The van der Waals surface area contributed by atoms with Crippen LogP contribution in [0.3, 0.4) is 0 Å². The lowest BCUT2D eigenvalue weighted by Gasteiger charge is -2.12. The Labute approximate surface area is 159 Å². The van der Waals surface area contributed by atoms with Crippen LogP contribution in [0.2, 0.25) is 5.02 Å². The van der Waals surface area contributed by atoms with E-state index >= 15 is 0 Å². The minimum atomic E-state index is -0.946. The van der Waals surface area contributed by atoms with Gasteiger partial charge in [-0.15, -0.1) is 0 Å². The summed E-state index contributed by atoms with van der Waals surface area (Å²) in [4.78, 5) is 15.4. The first-order chi connectivity index (χ1) is 12.4. The molecular weight excluding hydrogens is 352 g/mol. The largest absolute Gasteiger partial charge is 0.494 e. The van der Waals surface area contributed by atoms with E-state index in [1.165, 1.54) is 0 Å². The lowest BCUT2D eigenvalue weighted by molar-refractivity contribution is -0.132. The predicted molar refractivity (Wildman–Crippen MR) is 104 cm³/mol. The number of aryl methyl sites for hydroxylation is 1. The molecule has 0 aliphatic rings. The van der Waals surface area contributed by atoms with Gasteiger partial charge in [-0.1, -0.05) is 37.4 Å². The number of halogens is 1. The van der Waals surface area contributed by atoms with E-state index in [4.69, 9.17) is 21.4 Å². The summed E-state index contributed by atoms with van der Waals surface area (Å²) in [6.45, 7) is 6.80. The van der Waals surface area contributed by atoms with E-state index < -0.39 is 5.97 Å². The summed E-state index contributed by atoms with van der Waals surface area (Å²) in [5.41, 5.74) is 1.92. The predicted octanol–water partition coefficient (Wildman–Crippen LogP) is 4.95.